The predicted molar refractivity (Wildman–Crippen MR) is 86.3 cm³/mol. The Morgan fingerprint density at radius 2 is 2.25 bits per heavy atom. The number of hydrogen-bond donors (Lipinski definition) is 2. The fourth-order valence-electron chi connectivity index (χ4n) is 2.46. The van der Waals surface area contributed by atoms with Crippen molar-refractivity contribution in [2.24, 2.45) is 0 Å². The Morgan fingerprint density at radius 1 is 1.46 bits per heavy atom. The molecule has 1 aromatic rings. The Kier molecular flexibility index (Phi) is 5.81. The maximum atomic E-state index is 12.0. The van der Waals surface area contributed by atoms with Crippen LogP contribution < -0.4 is 14.8 Å². The van der Waals surface area contributed by atoms with Crippen molar-refractivity contribution in [3.05, 3.63) is 36.4 Å². The van der Waals surface area contributed by atoms with Crippen molar-refractivity contribution >= 4 is 11.9 Å². The van der Waals surface area contributed by atoms with Gasteiger partial charge >= 0.3 is 5.97 Å². The van der Waals surface area contributed by atoms with Gasteiger partial charge in [0, 0.05) is 13.0 Å². The highest BCUT2D eigenvalue weighted by Gasteiger charge is 2.43. The van der Waals surface area contributed by atoms with Crippen molar-refractivity contribution in [2.75, 3.05) is 26.9 Å². The second-order valence-corrected chi connectivity index (χ2v) is 5.50. The van der Waals surface area contributed by atoms with E-state index in [0.29, 0.717) is 24.5 Å². The molecule has 1 atom stereocenters. The molecule has 2 N–H and O–H groups in total. The Labute approximate surface area is 140 Å². The van der Waals surface area contributed by atoms with Gasteiger partial charge in [-0.2, -0.15) is 0 Å². The molecule has 1 heterocycles. The fourth-order valence-corrected chi connectivity index (χ4v) is 2.46. The predicted octanol–water partition coefficient (Wildman–Crippen LogP) is 1.16. The molecule has 0 spiro atoms. The normalized spacial score (nSPS) is 19.5. The first-order chi connectivity index (χ1) is 11.5. The van der Waals surface area contributed by atoms with Gasteiger partial charge in [0.1, 0.15) is 0 Å². The Bertz CT molecular complexity index is 622. The van der Waals surface area contributed by atoms with Crippen molar-refractivity contribution in [3.63, 3.8) is 0 Å². The summed E-state index contributed by atoms with van der Waals surface area (Å²) in [7, 11) is 1.51. The third kappa shape index (κ3) is 4.05. The molecule has 130 valence electrons. The number of allylic oxidation sites excluding steroid dienone is 1. The van der Waals surface area contributed by atoms with Crippen LogP contribution in [0.5, 0.6) is 11.5 Å². The molecule has 2 rings (SSSR count). The molecule has 7 nitrogen and oxygen atoms in total. The molecule has 0 aromatic heterocycles. The maximum absolute atomic E-state index is 12.0. The van der Waals surface area contributed by atoms with Gasteiger partial charge in [-0.1, -0.05) is 12.1 Å². The molecule has 1 amide bonds. The van der Waals surface area contributed by atoms with Crippen LogP contribution in [0.3, 0.4) is 0 Å². The number of carbonyl (C=O) groups excluding carboxylic acids is 1. The van der Waals surface area contributed by atoms with Crippen LogP contribution in [0.25, 0.3) is 0 Å². The first kappa shape index (κ1) is 17.8. The minimum absolute atomic E-state index is 0.0480. The molecule has 7 heteroatoms. The highest BCUT2D eigenvalue weighted by Crippen LogP contribution is 2.28. The van der Waals surface area contributed by atoms with Gasteiger partial charge in [-0.3, -0.25) is 4.79 Å². The number of hydrogen-bond acceptors (Lipinski definition) is 5. The standard InChI is InChI=1S/C17H21NO6/c1-3-4-12-5-6-13(14(9-12)22-2)24-10-15(19)18-17(16(20)21)7-8-23-11-17/h3,5-6,9H,1,4,7-8,10-11H2,2H3,(H,18,19)(H,20,21). The number of carbonyl (C=O) groups is 2. The number of methoxy groups -OCH3 is 1. The summed E-state index contributed by atoms with van der Waals surface area (Å²) in [6, 6.07) is 5.36. The van der Waals surface area contributed by atoms with Crippen LogP contribution in [0, 0.1) is 0 Å². The minimum atomic E-state index is -1.38. The third-order valence-electron chi connectivity index (χ3n) is 3.78. The quantitative estimate of drug-likeness (QED) is 0.693. The molecule has 1 aromatic carbocycles. The summed E-state index contributed by atoms with van der Waals surface area (Å²) >= 11 is 0. The number of benzene rings is 1. The molecule has 1 aliphatic rings. The average molecular weight is 335 g/mol. The lowest BCUT2D eigenvalue weighted by atomic mass is 9.99. The van der Waals surface area contributed by atoms with Crippen LogP contribution in [0.1, 0.15) is 12.0 Å². The molecule has 0 radical (unpaired) electrons. The van der Waals surface area contributed by atoms with E-state index in [-0.39, 0.29) is 19.6 Å². The van der Waals surface area contributed by atoms with E-state index in [9.17, 15) is 14.7 Å². The van der Waals surface area contributed by atoms with Crippen molar-refractivity contribution in [1.82, 2.24) is 5.32 Å². The second-order valence-electron chi connectivity index (χ2n) is 5.50. The van der Waals surface area contributed by atoms with Gasteiger partial charge in [0.15, 0.2) is 23.6 Å². The fraction of sp³-hybridized carbons (Fsp3) is 0.412. The molecular weight excluding hydrogens is 314 g/mol. The summed E-state index contributed by atoms with van der Waals surface area (Å²) in [6.45, 7) is 3.62. The first-order valence-electron chi connectivity index (χ1n) is 7.53. The monoisotopic (exact) mass is 335 g/mol. The molecule has 24 heavy (non-hydrogen) atoms. The van der Waals surface area contributed by atoms with E-state index < -0.39 is 17.4 Å². The summed E-state index contributed by atoms with van der Waals surface area (Å²) in [4.78, 5) is 23.4. The third-order valence-corrected chi connectivity index (χ3v) is 3.78. The largest absolute Gasteiger partial charge is 0.493 e. The second kappa shape index (κ2) is 7.83. The number of ether oxygens (including phenoxy) is 3. The lowest BCUT2D eigenvalue weighted by Crippen LogP contribution is -2.56. The molecule has 0 saturated carbocycles. The van der Waals surface area contributed by atoms with E-state index in [4.69, 9.17) is 14.2 Å². The molecule has 0 aliphatic carbocycles. The van der Waals surface area contributed by atoms with E-state index in [1.165, 1.54) is 7.11 Å². The number of amides is 1. The summed E-state index contributed by atoms with van der Waals surface area (Å²) in [5, 5.41) is 11.8. The van der Waals surface area contributed by atoms with Gasteiger partial charge in [0.05, 0.1) is 13.7 Å². The van der Waals surface area contributed by atoms with Gasteiger partial charge in [-0.25, -0.2) is 4.79 Å². The Balaban J connectivity index is 1.98. The number of aliphatic carboxylic acids is 1. The highest BCUT2D eigenvalue weighted by molar-refractivity contribution is 5.88. The highest BCUT2D eigenvalue weighted by atomic mass is 16.5. The SMILES string of the molecule is C=CCc1ccc(OCC(=O)NC2(C(=O)O)CCOC2)c(OC)c1. The zero-order chi connectivity index (χ0) is 17.6. The van der Waals surface area contributed by atoms with Crippen LogP contribution in [0.4, 0.5) is 0 Å². The number of carboxylic acids is 1. The van der Waals surface area contributed by atoms with Gasteiger partial charge in [0.25, 0.3) is 5.91 Å². The van der Waals surface area contributed by atoms with Crippen LogP contribution >= 0.6 is 0 Å². The molecule has 1 unspecified atom stereocenters. The van der Waals surface area contributed by atoms with Crippen molar-refractivity contribution in [1.29, 1.82) is 0 Å². The van der Waals surface area contributed by atoms with Crippen LogP contribution in [0.2, 0.25) is 0 Å². The summed E-state index contributed by atoms with van der Waals surface area (Å²) in [6.07, 6.45) is 2.70. The van der Waals surface area contributed by atoms with Gasteiger partial charge in [0.2, 0.25) is 0 Å². The zero-order valence-electron chi connectivity index (χ0n) is 13.5. The summed E-state index contributed by atoms with van der Waals surface area (Å²) in [5.74, 6) is -0.730. The van der Waals surface area contributed by atoms with Crippen LogP contribution in [-0.2, 0) is 20.7 Å². The molecule has 1 fully saturated rings. The first-order valence-corrected chi connectivity index (χ1v) is 7.53. The zero-order valence-corrected chi connectivity index (χ0v) is 13.5. The number of nitrogens with one attached hydrogen (secondary N) is 1. The number of rotatable bonds is 8. The Morgan fingerprint density at radius 3 is 2.83 bits per heavy atom. The number of carboxylic acid groups (broad SMARTS) is 1. The molecule has 0 bridgehead atoms. The van der Waals surface area contributed by atoms with Crippen molar-refractivity contribution < 1.29 is 28.9 Å². The smallest absolute Gasteiger partial charge is 0.331 e. The lowest BCUT2D eigenvalue weighted by Gasteiger charge is -2.23. The maximum Gasteiger partial charge on any atom is 0.331 e. The summed E-state index contributed by atoms with van der Waals surface area (Å²) in [5.41, 5.74) is -0.371. The van der Waals surface area contributed by atoms with E-state index >= 15 is 0 Å². The van der Waals surface area contributed by atoms with E-state index in [1.54, 1.807) is 18.2 Å². The molecule has 1 aliphatic heterocycles. The van der Waals surface area contributed by atoms with Crippen molar-refractivity contribution in [3.8, 4) is 11.5 Å². The van der Waals surface area contributed by atoms with Crippen LogP contribution in [-0.4, -0.2) is 49.5 Å². The van der Waals surface area contributed by atoms with Crippen LogP contribution in [0.15, 0.2) is 30.9 Å². The molecule has 1 saturated heterocycles. The average Bonchev–Trinajstić information content (AvgIpc) is 3.03. The van der Waals surface area contributed by atoms with E-state index in [0.717, 1.165) is 5.56 Å². The van der Waals surface area contributed by atoms with E-state index in [1.807, 2.05) is 6.07 Å². The minimum Gasteiger partial charge on any atom is -0.493 e. The topological polar surface area (TPSA) is 94.1 Å². The lowest BCUT2D eigenvalue weighted by molar-refractivity contribution is -0.148. The summed E-state index contributed by atoms with van der Waals surface area (Å²) < 4.78 is 15.8. The van der Waals surface area contributed by atoms with Gasteiger partial charge < -0.3 is 24.6 Å². The Hall–Kier alpha value is -2.54. The van der Waals surface area contributed by atoms with Crippen molar-refractivity contribution in [2.45, 2.75) is 18.4 Å². The van der Waals surface area contributed by atoms with E-state index in [2.05, 4.69) is 11.9 Å². The van der Waals surface area contributed by atoms with Gasteiger partial charge in [-0.05, 0) is 24.1 Å². The van der Waals surface area contributed by atoms with Gasteiger partial charge in [-0.15, -0.1) is 6.58 Å². The molecular formula is C17H21NO6.